The van der Waals surface area contributed by atoms with Gasteiger partial charge in [-0.2, -0.15) is 5.10 Å². The van der Waals surface area contributed by atoms with Gasteiger partial charge in [0, 0.05) is 36.2 Å². The molecule has 100 valence electrons. The Labute approximate surface area is 124 Å². The second-order valence-corrected chi connectivity index (χ2v) is 5.14. The van der Waals surface area contributed by atoms with E-state index in [0.717, 1.165) is 17.4 Å². The number of aromatic nitrogens is 3. The number of pyridine rings is 1. The van der Waals surface area contributed by atoms with Gasteiger partial charge in [-0.3, -0.25) is 9.48 Å². The summed E-state index contributed by atoms with van der Waals surface area (Å²) in [5.74, 6) is -0.223. The quantitative estimate of drug-likeness (QED) is 0.670. The average Bonchev–Trinajstić information content (AvgIpc) is 2.90. The highest BCUT2D eigenvalue weighted by molar-refractivity contribution is 9.10. The van der Waals surface area contributed by atoms with E-state index in [1.807, 2.05) is 16.9 Å². The first-order chi connectivity index (χ1) is 9.16. The summed E-state index contributed by atoms with van der Waals surface area (Å²) in [6, 6.07) is 3.52. The number of halogens is 2. The molecule has 0 unspecified atom stereocenters. The number of nitrogens with one attached hydrogen (secondary N) is 1. The number of aryl methyl sites for hydroxylation is 1. The largest absolute Gasteiger partial charge is 0.352 e. The molecule has 0 bridgehead atoms. The summed E-state index contributed by atoms with van der Waals surface area (Å²) in [7, 11) is 0. The molecule has 0 atom stereocenters. The number of carbonyl (C=O) groups is 1. The van der Waals surface area contributed by atoms with Gasteiger partial charge in [-0.15, -0.1) is 0 Å². The molecule has 0 aliphatic heterocycles. The van der Waals surface area contributed by atoms with Gasteiger partial charge in [-0.05, 0) is 34.5 Å². The first kappa shape index (κ1) is 14.0. The fourth-order valence-corrected chi connectivity index (χ4v) is 2.07. The highest BCUT2D eigenvalue weighted by Crippen LogP contribution is 2.17. The van der Waals surface area contributed by atoms with E-state index in [1.54, 1.807) is 18.5 Å². The van der Waals surface area contributed by atoms with Crippen molar-refractivity contribution in [3.8, 4) is 0 Å². The summed E-state index contributed by atoms with van der Waals surface area (Å²) >= 11 is 9.14. The standard InChI is InChI=1S/C12H12BrClN4O/c13-9-7-10(11(14)16-8-9)12(19)15-3-1-5-18-6-2-4-17-18/h2,4,6-8H,1,3,5H2,(H,15,19). The van der Waals surface area contributed by atoms with E-state index in [2.05, 4.69) is 31.3 Å². The van der Waals surface area contributed by atoms with Crippen LogP contribution >= 0.6 is 27.5 Å². The highest BCUT2D eigenvalue weighted by Gasteiger charge is 2.11. The van der Waals surface area contributed by atoms with Crippen LogP contribution in [0.4, 0.5) is 0 Å². The first-order valence-corrected chi connectivity index (χ1v) is 6.90. The van der Waals surface area contributed by atoms with E-state index >= 15 is 0 Å². The lowest BCUT2D eigenvalue weighted by atomic mass is 10.2. The van der Waals surface area contributed by atoms with Gasteiger partial charge in [0.1, 0.15) is 5.15 Å². The van der Waals surface area contributed by atoms with Crippen molar-refractivity contribution < 1.29 is 4.79 Å². The SMILES string of the molecule is O=C(NCCCn1cccn1)c1cc(Br)cnc1Cl. The Morgan fingerprint density at radius 2 is 2.37 bits per heavy atom. The molecular formula is C12H12BrClN4O. The van der Waals surface area contributed by atoms with Crippen molar-refractivity contribution in [1.82, 2.24) is 20.1 Å². The smallest absolute Gasteiger partial charge is 0.254 e. The van der Waals surface area contributed by atoms with Crippen LogP contribution in [-0.4, -0.2) is 27.2 Å². The van der Waals surface area contributed by atoms with Crippen LogP contribution in [0.2, 0.25) is 5.15 Å². The van der Waals surface area contributed by atoms with Crippen LogP contribution in [0.1, 0.15) is 16.8 Å². The Morgan fingerprint density at radius 1 is 1.53 bits per heavy atom. The molecule has 2 heterocycles. The van der Waals surface area contributed by atoms with Crippen molar-refractivity contribution in [3.05, 3.63) is 45.9 Å². The molecule has 19 heavy (non-hydrogen) atoms. The fraction of sp³-hybridized carbons (Fsp3) is 0.250. The molecule has 0 saturated heterocycles. The number of hydrogen-bond acceptors (Lipinski definition) is 3. The second-order valence-electron chi connectivity index (χ2n) is 3.87. The lowest BCUT2D eigenvalue weighted by Gasteiger charge is -2.06. The minimum absolute atomic E-state index is 0.202. The maximum absolute atomic E-state index is 11.9. The molecule has 0 aliphatic carbocycles. The maximum atomic E-state index is 11.9. The third-order valence-electron chi connectivity index (χ3n) is 2.46. The molecule has 0 saturated carbocycles. The van der Waals surface area contributed by atoms with Gasteiger partial charge in [0.2, 0.25) is 0 Å². The van der Waals surface area contributed by atoms with Crippen LogP contribution in [0.3, 0.4) is 0 Å². The number of nitrogens with zero attached hydrogens (tertiary/aromatic N) is 3. The normalized spacial score (nSPS) is 10.4. The van der Waals surface area contributed by atoms with E-state index in [-0.39, 0.29) is 11.1 Å². The zero-order valence-corrected chi connectivity index (χ0v) is 12.4. The Balaban J connectivity index is 1.82. The summed E-state index contributed by atoms with van der Waals surface area (Å²) in [4.78, 5) is 15.8. The lowest BCUT2D eigenvalue weighted by molar-refractivity contribution is 0.0952. The summed E-state index contributed by atoms with van der Waals surface area (Å²) in [6.45, 7) is 1.32. The Kier molecular flexibility index (Phi) is 4.93. The molecule has 2 rings (SSSR count). The van der Waals surface area contributed by atoms with E-state index in [1.165, 1.54) is 0 Å². The minimum atomic E-state index is -0.223. The molecule has 0 fully saturated rings. The number of rotatable bonds is 5. The highest BCUT2D eigenvalue weighted by atomic mass is 79.9. The Bertz CT molecular complexity index is 559. The van der Waals surface area contributed by atoms with Gasteiger partial charge < -0.3 is 5.32 Å². The van der Waals surface area contributed by atoms with Crippen LogP contribution in [0, 0.1) is 0 Å². The van der Waals surface area contributed by atoms with Gasteiger partial charge in [0.05, 0.1) is 5.56 Å². The molecule has 1 N–H and O–H groups in total. The summed E-state index contributed by atoms with van der Waals surface area (Å²) in [5, 5.41) is 7.09. The van der Waals surface area contributed by atoms with Crippen LogP contribution in [0.15, 0.2) is 35.2 Å². The Morgan fingerprint density at radius 3 is 3.11 bits per heavy atom. The van der Waals surface area contributed by atoms with Gasteiger partial charge in [0.25, 0.3) is 5.91 Å². The third kappa shape index (κ3) is 4.04. The molecule has 5 nitrogen and oxygen atoms in total. The summed E-state index contributed by atoms with van der Waals surface area (Å²) < 4.78 is 2.54. The monoisotopic (exact) mass is 342 g/mol. The Hall–Kier alpha value is -1.40. The topological polar surface area (TPSA) is 59.8 Å². The van der Waals surface area contributed by atoms with E-state index < -0.39 is 0 Å². The molecule has 0 aliphatic rings. The van der Waals surface area contributed by atoms with Crippen molar-refractivity contribution in [1.29, 1.82) is 0 Å². The van der Waals surface area contributed by atoms with E-state index in [4.69, 9.17) is 11.6 Å². The summed E-state index contributed by atoms with van der Waals surface area (Å²) in [5.41, 5.74) is 0.370. The van der Waals surface area contributed by atoms with Crippen molar-refractivity contribution in [2.75, 3.05) is 6.54 Å². The van der Waals surface area contributed by atoms with Crippen LogP contribution in [-0.2, 0) is 6.54 Å². The number of amides is 1. The van der Waals surface area contributed by atoms with Gasteiger partial charge in [0.15, 0.2) is 0 Å². The first-order valence-electron chi connectivity index (χ1n) is 5.73. The van der Waals surface area contributed by atoms with Crippen LogP contribution in [0.5, 0.6) is 0 Å². The van der Waals surface area contributed by atoms with Gasteiger partial charge >= 0.3 is 0 Å². The average molecular weight is 344 g/mol. The molecule has 0 spiro atoms. The molecule has 7 heteroatoms. The fourth-order valence-electron chi connectivity index (χ4n) is 1.55. The third-order valence-corrected chi connectivity index (χ3v) is 3.19. The zero-order chi connectivity index (χ0) is 13.7. The molecule has 2 aromatic heterocycles. The minimum Gasteiger partial charge on any atom is -0.352 e. The number of carbonyl (C=O) groups excluding carboxylic acids is 1. The van der Waals surface area contributed by atoms with Crippen LogP contribution in [0.25, 0.3) is 0 Å². The predicted octanol–water partition coefficient (Wildman–Crippen LogP) is 2.51. The maximum Gasteiger partial charge on any atom is 0.254 e. The molecule has 0 radical (unpaired) electrons. The molecular weight excluding hydrogens is 332 g/mol. The summed E-state index contributed by atoms with van der Waals surface area (Å²) in [6.07, 6.45) is 5.96. The molecule has 2 aromatic rings. The molecule has 1 amide bonds. The van der Waals surface area contributed by atoms with Crippen molar-refractivity contribution >= 4 is 33.4 Å². The van der Waals surface area contributed by atoms with E-state index in [0.29, 0.717) is 12.1 Å². The van der Waals surface area contributed by atoms with Crippen molar-refractivity contribution in [3.63, 3.8) is 0 Å². The number of hydrogen-bond donors (Lipinski definition) is 1. The van der Waals surface area contributed by atoms with E-state index in [9.17, 15) is 4.79 Å². The van der Waals surface area contributed by atoms with Crippen molar-refractivity contribution in [2.24, 2.45) is 0 Å². The van der Waals surface area contributed by atoms with Gasteiger partial charge in [-0.25, -0.2) is 4.98 Å². The predicted molar refractivity (Wildman–Crippen MR) is 76.1 cm³/mol. The van der Waals surface area contributed by atoms with Gasteiger partial charge in [-0.1, -0.05) is 11.6 Å². The molecule has 0 aromatic carbocycles. The zero-order valence-electron chi connectivity index (χ0n) is 10.0. The van der Waals surface area contributed by atoms with Crippen LogP contribution < -0.4 is 5.32 Å². The van der Waals surface area contributed by atoms with Crippen molar-refractivity contribution in [2.45, 2.75) is 13.0 Å². The lowest BCUT2D eigenvalue weighted by Crippen LogP contribution is -2.25. The second kappa shape index (κ2) is 6.68.